The molecule has 11 rings (SSSR count). The van der Waals surface area contributed by atoms with E-state index in [4.69, 9.17) is 0 Å². The molecule has 2 bridgehead atoms. The van der Waals surface area contributed by atoms with Gasteiger partial charge in [-0.3, -0.25) is 0 Å². The molecule has 0 spiro atoms. The van der Waals surface area contributed by atoms with Gasteiger partial charge in [-0.15, -0.1) is 0 Å². The fourth-order valence-corrected chi connectivity index (χ4v) is 11.8. The van der Waals surface area contributed by atoms with Crippen LogP contribution in [-0.2, 0) is 5.41 Å². The van der Waals surface area contributed by atoms with Crippen LogP contribution in [0.5, 0.6) is 0 Å². The van der Waals surface area contributed by atoms with Crippen LogP contribution in [0.3, 0.4) is 0 Å². The zero-order valence-electron chi connectivity index (χ0n) is 33.6. The van der Waals surface area contributed by atoms with Crippen molar-refractivity contribution in [1.29, 1.82) is 0 Å². The Hall–Kier alpha value is -5.40. The van der Waals surface area contributed by atoms with Crippen LogP contribution in [0.2, 0.25) is 0 Å². The highest BCUT2D eigenvalue weighted by molar-refractivity contribution is 5.96. The monoisotopic (exact) mass is 739 g/mol. The predicted octanol–water partition coefficient (Wildman–Crippen LogP) is 15.9. The van der Waals surface area contributed by atoms with Gasteiger partial charge in [0.05, 0.1) is 5.69 Å². The molecule has 3 saturated carbocycles. The van der Waals surface area contributed by atoms with Crippen LogP contribution in [0, 0.1) is 11.8 Å². The molecule has 3 fully saturated rings. The number of fused-ring (bicyclic) bond motifs is 6. The first-order valence-corrected chi connectivity index (χ1v) is 21.9. The Morgan fingerprint density at radius 3 is 1.95 bits per heavy atom. The van der Waals surface area contributed by atoms with Crippen molar-refractivity contribution in [2.45, 2.75) is 88.9 Å². The van der Waals surface area contributed by atoms with E-state index in [1.54, 1.807) is 5.56 Å². The Kier molecular flexibility index (Phi) is 8.50. The third-order valence-corrected chi connectivity index (χ3v) is 14.7. The lowest BCUT2D eigenvalue weighted by Crippen LogP contribution is -2.18. The van der Waals surface area contributed by atoms with Crippen LogP contribution >= 0.6 is 0 Å². The Morgan fingerprint density at radius 2 is 1.21 bits per heavy atom. The van der Waals surface area contributed by atoms with Crippen molar-refractivity contribution in [1.82, 2.24) is 0 Å². The molecule has 0 aromatic heterocycles. The number of hydrogen-bond donors (Lipinski definition) is 0. The first-order valence-electron chi connectivity index (χ1n) is 21.9. The van der Waals surface area contributed by atoms with Crippen molar-refractivity contribution in [3.63, 3.8) is 0 Å². The van der Waals surface area contributed by atoms with Gasteiger partial charge in [-0.25, -0.2) is 0 Å². The molecule has 0 aliphatic heterocycles. The fraction of sp³-hybridized carbons (Fsp3) is 0.286. The minimum atomic E-state index is -0.145. The molecule has 57 heavy (non-hydrogen) atoms. The Morgan fingerprint density at radius 1 is 0.509 bits per heavy atom. The zero-order chi connectivity index (χ0) is 38.1. The van der Waals surface area contributed by atoms with E-state index >= 15 is 0 Å². The van der Waals surface area contributed by atoms with Crippen molar-refractivity contribution in [3.05, 3.63) is 174 Å². The lowest BCUT2D eigenvalue weighted by atomic mass is 9.81. The van der Waals surface area contributed by atoms with Gasteiger partial charge >= 0.3 is 0 Å². The zero-order valence-corrected chi connectivity index (χ0v) is 33.6. The number of nitrogens with zero attached hydrogens (tertiary/aromatic N) is 1. The van der Waals surface area contributed by atoms with Crippen LogP contribution in [-0.4, -0.2) is 0 Å². The normalized spacial score (nSPS) is 20.8. The molecule has 4 aliphatic carbocycles. The van der Waals surface area contributed by atoms with E-state index in [1.807, 2.05) is 0 Å². The molecule has 0 radical (unpaired) electrons. The van der Waals surface area contributed by atoms with Crippen LogP contribution in [0.4, 0.5) is 17.1 Å². The second-order valence-electron chi connectivity index (χ2n) is 18.3. The largest absolute Gasteiger partial charge is 0.310 e. The summed E-state index contributed by atoms with van der Waals surface area (Å²) >= 11 is 0. The van der Waals surface area contributed by atoms with E-state index in [-0.39, 0.29) is 5.41 Å². The van der Waals surface area contributed by atoms with Crippen molar-refractivity contribution >= 4 is 27.8 Å². The molecule has 1 nitrogen and oxygen atoms in total. The van der Waals surface area contributed by atoms with Gasteiger partial charge in [0.15, 0.2) is 0 Å². The van der Waals surface area contributed by atoms with Crippen molar-refractivity contribution < 1.29 is 0 Å². The lowest BCUT2D eigenvalue weighted by molar-refractivity contribution is 0.420. The van der Waals surface area contributed by atoms with Gasteiger partial charge in [-0.1, -0.05) is 155 Å². The molecule has 3 unspecified atom stereocenters. The average molecular weight is 740 g/mol. The first-order chi connectivity index (χ1) is 28.0. The maximum atomic E-state index is 2.63. The van der Waals surface area contributed by atoms with E-state index in [1.165, 1.54) is 136 Å². The average Bonchev–Trinajstić information content (AvgIpc) is 3.97. The summed E-state index contributed by atoms with van der Waals surface area (Å²) in [6.07, 6.45) is 12.2. The molecule has 7 aromatic carbocycles. The Balaban J connectivity index is 1.05. The summed E-state index contributed by atoms with van der Waals surface area (Å²) in [7, 11) is 0. The third kappa shape index (κ3) is 5.96. The minimum absolute atomic E-state index is 0.145. The smallest absolute Gasteiger partial charge is 0.0502 e. The maximum Gasteiger partial charge on any atom is 0.0502 e. The highest BCUT2D eigenvalue weighted by Gasteiger charge is 2.41. The first kappa shape index (κ1) is 34.8. The molecule has 0 N–H and O–H groups in total. The summed E-state index contributed by atoms with van der Waals surface area (Å²) in [5, 5.41) is 2.66. The van der Waals surface area contributed by atoms with E-state index in [9.17, 15) is 0 Å². The second-order valence-corrected chi connectivity index (χ2v) is 18.3. The Bertz CT molecular complexity index is 2590. The topological polar surface area (TPSA) is 3.24 Å². The summed E-state index contributed by atoms with van der Waals surface area (Å²) in [6, 6.07) is 58.2. The van der Waals surface area contributed by atoms with Gasteiger partial charge in [0, 0.05) is 16.8 Å². The standard InChI is InChI=1S/C56H53N/c1-56(2)52-19-11-18-48(41-24-22-39(23-25-41)38-12-5-3-6-13-38)55(52)49-31-30-47(36-53(49)56)57(46-28-26-42(27-29-46)50-33-37-20-21-45(50)32-37)54-35-44-17-10-9-16-43(44)34-51(54)40-14-7-4-8-15-40/h3,5-6,9-13,16-19,22-31,34-37,40,45,50H,4,7-8,14-15,20-21,32-33H2,1-2H3. The summed E-state index contributed by atoms with van der Waals surface area (Å²) in [5.41, 5.74) is 17.4. The molecular weight excluding hydrogens is 687 g/mol. The molecule has 0 heterocycles. The minimum Gasteiger partial charge on any atom is -0.310 e. The molecule has 4 aliphatic rings. The van der Waals surface area contributed by atoms with Gasteiger partial charge < -0.3 is 4.90 Å². The van der Waals surface area contributed by atoms with Crippen molar-refractivity contribution in [3.8, 4) is 33.4 Å². The molecule has 282 valence electrons. The lowest BCUT2D eigenvalue weighted by Gasteiger charge is -2.33. The van der Waals surface area contributed by atoms with Crippen LogP contribution in [0.1, 0.15) is 106 Å². The van der Waals surface area contributed by atoms with Gasteiger partial charge in [-0.05, 0) is 159 Å². The fourth-order valence-electron chi connectivity index (χ4n) is 11.8. The van der Waals surface area contributed by atoms with Gasteiger partial charge in [0.2, 0.25) is 0 Å². The molecule has 0 amide bonds. The summed E-state index contributed by atoms with van der Waals surface area (Å²) in [6.45, 7) is 4.86. The number of anilines is 3. The van der Waals surface area contributed by atoms with Gasteiger partial charge in [0.25, 0.3) is 0 Å². The summed E-state index contributed by atoms with van der Waals surface area (Å²) < 4.78 is 0. The van der Waals surface area contributed by atoms with E-state index in [0.29, 0.717) is 5.92 Å². The van der Waals surface area contributed by atoms with E-state index in [2.05, 4.69) is 170 Å². The van der Waals surface area contributed by atoms with Crippen molar-refractivity contribution in [2.75, 3.05) is 4.90 Å². The van der Waals surface area contributed by atoms with Crippen molar-refractivity contribution in [2.24, 2.45) is 11.8 Å². The molecular formula is C56H53N. The number of benzene rings is 7. The molecule has 1 heteroatoms. The molecule has 7 aromatic rings. The third-order valence-electron chi connectivity index (χ3n) is 14.7. The number of rotatable bonds is 7. The highest BCUT2D eigenvalue weighted by Crippen LogP contribution is 2.56. The molecule has 0 saturated heterocycles. The predicted molar refractivity (Wildman–Crippen MR) is 241 cm³/mol. The van der Waals surface area contributed by atoms with E-state index in [0.717, 1.165) is 17.8 Å². The highest BCUT2D eigenvalue weighted by atomic mass is 15.1. The van der Waals surface area contributed by atoms with Crippen LogP contribution < -0.4 is 4.90 Å². The summed E-state index contributed by atoms with van der Waals surface area (Å²) in [4.78, 5) is 2.63. The SMILES string of the molecule is CC1(C)c2cc(N(c3ccc(C4CC5CCC4C5)cc3)c3cc4ccccc4cc3C3CCCCC3)ccc2-c2c(-c3ccc(-c4ccccc4)cc3)cccc21. The van der Waals surface area contributed by atoms with Gasteiger partial charge in [0.1, 0.15) is 0 Å². The van der Waals surface area contributed by atoms with Crippen LogP contribution in [0.15, 0.2) is 152 Å². The maximum absolute atomic E-state index is 2.63. The Labute approximate surface area is 339 Å². The number of hydrogen-bond acceptors (Lipinski definition) is 1. The summed E-state index contributed by atoms with van der Waals surface area (Å²) in [5.74, 6) is 3.12. The quantitative estimate of drug-likeness (QED) is 0.157. The van der Waals surface area contributed by atoms with E-state index < -0.39 is 0 Å². The van der Waals surface area contributed by atoms with Gasteiger partial charge in [-0.2, -0.15) is 0 Å². The second kappa shape index (κ2) is 13.9. The van der Waals surface area contributed by atoms with Crippen LogP contribution in [0.25, 0.3) is 44.2 Å². The molecule has 3 atom stereocenters.